The molecule has 6 aromatic rings. The van der Waals surface area contributed by atoms with Crippen LogP contribution in [-0.2, 0) is 59.7 Å². The maximum Gasteiger partial charge on any atom is 1.00 e. The second kappa shape index (κ2) is 39.4. The summed E-state index contributed by atoms with van der Waals surface area (Å²) in [5.74, 6) is -8.25. The summed E-state index contributed by atoms with van der Waals surface area (Å²) in [6.45, 7) is -3.74. The molecule has 0 aliphatic rings. The first kappa shape index (κ1) is 89.5. The van der Waals surface area contributed by atoms with Crippen molar-refractivity contribution < 1.29 is 328 Å². The van der Waals surface area contributed by atoms with E-state index in [-0.39, 0.29) is 282 Å². The van der Waals surface area contributed by atoms with Crippen LogP contribution in [0.2, 0.25) is 0 Å². The van der Waals surface area contributed by atoms with Gasteiger partial charge in [-0.15, -0.1) is 0 Å². The van der Waals surface area contributed by atoms with Gasteiger partial charge in [-0.2, -0.15) is 29.9 Å². The maximum atomic E-state index is 12.6. The molecule has 0 radical (unpaired) electrons. The molecule has 0 unspecified atom stereocenters. The molecule has 0 saturated carbocycles. The van der Waals surface area contributed by atoms with Crippen molar-refractivity contribution in [3.8, 4) is 0 Å². The van der Waals surface area contributed by atoms with E-state index in [2.05, 4.69) is 51.2 Å². The van der Waals surface area contributed by atoms with Crippen molar-refractivity contribution in [2.75, 3.05) is 57.2 Å². The number of carboxylic acid groups (broad SMARTS) is 3. The van der Waals surface area contributed by atoms with E-state index >= 15 is 0 Å². The van der Waals surface area contributed by atoms with Gasteiger partial charge < -0.3 is 89.3 Å². The number of rotatable bonds is 24. The number of benzene rings is 4. The van der Waals surface area contributed by atoms with Crippen LogP contribution in [0.25, 0.3) is 12.2 Å². The van der Waals surface area contributed by atoms with Gasteiger partial charge in [0.15, 0.2) is 0 Å². The fourth-order valence-electron chi connectivity index (χ4n) is 6.25. The third kappa shape index (κ3) is 27.7. The number of carbonyl (C=O) groups excluding carboxylic acids is 4. The molecule has 402 valence electrons. The first-order valence-corrected chi connectivity index (χ1v) is 25.8. The number of hydrogen-bond donors (Lipinski definition) is 4. The van der Waals surface area contributed by atoms with E-state index in [1.54, 1.807) is 0 Å². The Morgan fingerprint density at radius 1 is 0.417 bits per heavy atom. The van der Waals surface area contributed by atoms with Crippen molar-refractivity contribution in [3.63, 3.8) is 0 Å². The van der Waals surface area contributed by atoms with Crippen LogP contribution in [0.5, 0.6) is 0 Å². The Morgan fingerprint density at radius 2 is 0.690 bits per heavy atom. The Hall–Kier alpha value is -0.880. The van der Waals surface area contributed by atoms with Gasteiger partial charge in [0.05, 0.1) is 63.7 Å². The van der Waals surface area contributed by atoms with E-state index in [4.69, 9.17) is 0 Å². The molecule has 0 atom stereocenters. The Balaban J connectivity index is -0.00000356. The first-order valence-electron chi connectivity index (χ1n) is 20.2. The van der Waals surface area contributed by atoms with Gasteiger partial charge in [-0.3, -0.25) is 0 Å². The zero-order chi connectivity index (χ0) is 55.0. The number of nitrogens with one attached hydrogen (secondary N) is 4. The van der Waals surface area contributed by atoms with Gasteiger partial charge in [0.2, 0.25) is 35.7 Å². The van der Waals surface area contributed by atoms with Crippen molar-refractivity contribution >= 4 is 135 Å². The number of aliphatic carboxylic acids is 3. The van der Waals surface area contributed by atoms with Crippen molar-refractivity contribution in [2.24, 2.45) is 0 Å². The van der Waals surface area contributed by atoms with Crippen molar-refractivity contribution in [1.29, 1.82) is 0 Å². The molecule has 0 amide bonds. The molecule has 0 spiro atoms. The second-order valence-corrected chi connectivity index (χ2v) is 20.2. The summed E-state index contributed by atoms with van der Waals surface area (Å²) in [6.07, 6.45) is 2.21. The summed E-state index contributed by atoms with van der Waals surface area (Å²) < 4.78 is 144. The van der Waals surface area contributed by atoms with Crippen LogP contribution in [0, 0.1) is 0 Å². The van der Waals surface area contributed by atoms with Gasteiger partial charge in [0.1, 0.15) is 46.8 Å². The van der Waals surface area contributed by atoms with Crippen LogP contribution < -0.4 is 283 Å². The molecule has 44 heteroatoms. The van der Waals surface area contributed by atoms with Crippen LogP contribution in [-0.4, -0.2) is 138 Å². The van der Waals surface area contributed by atoms with Gasteiger partial charge in [-0.25, -0.2) is 33.7 Å². The molecule has 2 aromatic heterocycles. The average Bonchev–Trinajstić information content (AvgIpc) is 3.29. The topological polar surface area (TPSA) is 528 Å². The van der Waals surface area contributed by atoms with E-state index in [0.29, 0.717) is 11.2 Å². The fourth-order valence-corrected chi connectivity index (χ4v) is 8.58. The maximum absolute atomic E-state index is 12.6. The van der Waals surface area contributed by atoms with Gasteiger partial charge in [-0.05, 0) is 83.9 Å². The van der Waals surface area contributed by atoms with Gasteiger partial charge in [0, 0.05) is 22.7 Å². The second-order valence-electron chi connectivity index (χ2n) is 14.8. The zero-order valence-corrected chi connectivity index (χ0v) is 64.8. The smallest absolute Gasteiger partial charge is 0.870 e. The van der Waals surface area contributed by atoms with Crippen LogP contribution in [0.1, 0.15) is 11.1 Å². The Bertz CT molecular complexity index is 3730. The summed E-state index contributed by atoms with van der Waals surface area (Å²) in [7, 11) is -20.5. The van der Waals surface area contributed by atoms with E-state index in [9.17, 15) is 86.4 Å². The molecule has 32 nitrogen and oxygen atoms in total. The van der Waals surface area contributed by atoms with E-state index in [0.717, 1.165) is 95.9 Å². The molecule has 0 fully saturated rings. The summed E-state index contributed by atoms with van der Waals surface area (Å²) in [5, 5.41) is 44.9. The molecule has 0 bridgehead atoms. The molecule has 84 heavy (non-hydrogen) atoms. The summed E-state index contributed by atoms with van der Waals surface area (Å²) in [6, 6.07) is 14.2. The van der Waals surface area contributed by atoms with E-state index < -0.39 is 134 Å². The molecule has 0 saturated heterocycles. The number of carbonyl (C=O) groups is 4. The third-order valence-corrected chi connectivity index (χ3v) is 12.9. The molecule has 5 N–H and O–H groups in total. The standard InChI is InChI=1S/C40H36N12O19S4.8Na.H2O/c53-16-15-51(19-32(54)55)39-47-35(41-24-7-11-28(12-8-24)72(60,61)62)45-37(48-39)43-26-5-3-22(30(17-26)74(66,67)68)1-2-23-4-6-27(18-31(23)75(69,70)71)44-38-46-36(42-25-9-13-29(14-10-25)73(63,64)65)49-40(50-38)52(20-33(56)57)21-34(58)59;;;;;;;;;/h1-14,16-18H,15,19-21H2,(H,54,55)(H,56,57)(H,58,59)(H,60,61,62)(H,63,64,65)(H,66,67,68)(H,69,70,71)(H2,41,43,45,47,48)(H2,42,44,46,49,50);;;;;;;;;1H2/q;8*+1;/p-8/b2-1+;;;;;;;;;. The van der Waals surface area contributed by atoms with Gasteiger partial charge in [0.25, 0.3) is 0 Å². The molecule has 0 aliphatic carbocycles. The predicted molar refractivity (Wildman–Crippen MR) is 247 cm³/mol. The molecular weight excluding hydrogens is 1280 g/mol. The average molecular weight is 1310 g/mol. The molecule has 4 aromatic carbocycles. The number of aldehydes is 1. The number of anilines is 10. The van der Waals surface area contributed by atoms with Gasteiger partial charge in [-0.1, -0.05) is 24.3 Å². The minimum Gasteiger partial charge on any atom is -0.870 e. The Morgan fingerprint density at radius 3 is 0.964 bits per heavy atom. The number of carboxylic acids is 3. The minimum atomic E-state index is -5.43. The Kier molecular flexibility index (Phi) is 42.0. The molecule has 2 heterocycles. The minimum absolute atomic E-state index is 0. The third-order valence-electron chi connectivity index (χ3n) is 9.39. The van der Waals surface area contributed by atoms with Crippen LogP contribution in [0.3, 0.4) is 0 Å². The first-order chi connectivity index (χ1) is 35.0. The van der Waals surface area contributed by atoms with Crippen LogP contribution in [0.15, 0.2) is 105 Å². The largest absolute Gasteiger partial charge is 1.00 e. The van der Waals surface area contributed by atoms with Gasteiger partial charge >= 0.3 is 236 Å². The normalized spacial score (nSPS) is 10.6. The fraction of sp³-hybridized carbons (Fsp3) is 0.100. The zero-order valence-electron chi connectivity index (χ0n) is 45.6. The number of hydrogen-bond acceptors (Lipinski definition) is 32. The van der Waals surface area contributed by atoms with E-state index in [1.165, 1.54) is 6.07 Å². The summed E-state index contributed by atoms with van der Waals surface area (Å²) >= 11 is 0. The summed E-state index contributed by atoms with van der Waals surface area (Å²) in [4.78, 5) is 68.5. The van der Waals surface area contributed by atoms with Crippen molar-refractivity contribution in [1.82, 2.24) is 29.9 Å². The van der Waals surface area contributed by atoms with Crippen molar-refractivity contribution in [2.45, 2.75) is 19.6 Å². The molecular formula is C40H30N12Na8O20S4. The quantitative estimate of drug-likeness (QED) is 0.0189. The van der Waals surface area contributed by atoms with Crippen molar-refractivity contribution in [3.05, 3.63) is 96.1 Å². The SMILES string of the molecule is O=CCN(CC(=O)[O-])c1nc(Nc2ccc(S(=O)(=O)[O-])cc2)nc(Nc2ccc(/C=C/c3ccc(Nc4nc(Nc5ccc(S(=O)(=O)[O-])cc5)nc(N(CC(=O)[O-])CC(=O)[O-])n4)cc3S(=O)(=O)[O-])c(S(=O)(=O)[O-])c2)n1.[Na+].[Na+].[Na+].[Na+].[Na+].[Na+].[Na+].[Na+].[OH-]. The predicted octanol–water partition coefficient (Wildman–Crippen LogP) is -27.3. The molecule has 0 aliphatic heterocycles. The number of nitrogens with zero attached hydrogens (tertiary/aromatic N) is 8. The Labute approximate surface area is 655 Å². The summed E-state index contributed by atoms with van der Waals surface area (Å²) in [5.41, 5.74) is -1.12. The van der Waals surface area contributed by atoms with E-state index in [1.807, 2.05) is 0 Å². The monoisotopic (exact) mass is 1310 g/mol. The number of aromatic nitrogens is 6. The van der Waals surface area contributed by atoms with Crippen LogP contribution >= 0.6 is 0 Å². The molecule has 6 rings (SSSR count). The van der Waals surface area contributed by atoms with Crippen LogP contribution in [0.4, 0.5) is 58.4 Å².